The van der Waals surface area contributed by atoms with E-state index in [1.54, 1.807) is 0 Å². The van der Waals surface area contributed by atoms with Gasteiger partial charge in [0.1, 0.15) is 0 Å². The third kappa shape index (κ3) is 1.42. The van der Waals surface area contributed by atoms with Gasteiger partial charge in [0.05, 0.1) is 6.10 Å². The van der Waals surface area contributed by atoms with E-state index in [0.29, 0.717) is 6.10 Å². The van der Waals surface area contributed by atoms with Gasteiger partial charge in [0.15, 0.2) is 0 Å². The largest absolute Gasteiger partial charge is 0.381 e. The average Bonchev–Trinajstić information content (AvgIpc) is 2.50. The first-order chi connectivity index (χ1) is 5.40. The first-order valence-corrected chi connectivity index (χ1v) is 4.66. The molecule has 2 aliphatic rings. The molecule has 1 aliphatic heterocycles. The van der Waals surface area contributed by atoms with Gasteiger partial charge in [-0.3, -0.25) is 0 Å². The number of hydrogen-bond donors (Lipinski definition) is 1. The van der Waals surface area contributed by atoms with Crippen molar-refractivity contribution in [2.24, 2.45) is 5.92 Å². The summed E-state index contributed by atoms with van der Waals surface area (Å²) in [6.45, 7) is 1.23. The van der Waals surface area contributed by atoms with Gasteiger partial charge in [-0.05, 0) is 38.1 Å². The highest BCUT2D eigenvalue weighted by Gasteiger charge is 2.33. The quantitative estimate of drug-likeness (QED) is 0.613. The van der Waals surface area contributed by atoms with Crippen LogP contribution in [0.15, 0.2) is 0 Å². The van der Waals surface area contributed by atoms with Crippen LogP contribution in [0.5, 0.6) is 0 Å². The molecule has 11 heavy (non-hydrogen) atoms. The highest BCUT2D eigenvalue weighted by molar-refractivity contribution is 4.89. The summed E-state index contributed by atoms with van der Waals surface area (Å²) in [6, 6.07) is 0.821. The molecule has 1 saturated heterocycles. The molecule has 0 aromatic carbocycles. The minimum atomic E-state index is 0.552. The second kappa shape index (κ2) is 3.11. The number of hydrogen-bond acceptors (Lipinski definition) is 2. The Morgan fingerprint density at radius 2 is 2.18 bits per heavy atom. The van der Waals surface area contributed by atoms with Crippen molar-refractivity contribution in [1.82, 2.24) is 5.32 Å². The molecule has 1 aliphatic carbocycles. The first-order valence-electron chi connectivity index (χ1n) is 4.66. The van der Waals surface area contributed by atoms with Crippen LogP contribution < -0.4 is 5.32 Å². The maximum atomic E-state index is 5.37. The summed E-state index contributed by atoms with van der Waals surface area (Å²) in [5, 5.41) is 3.55. The van der Waals surface area contributed by atoms with Gasteiger partial charge in [-0.15, -0.1) is 0 Å². The third-order valence-electron chi connectivity index (χ3n) is 3.19. The molecule has 1 saturated carbocycles. The molecule has 3 atom stereocenters. The summed E-state index contributed by atoms with van der Waals surface area (Å²) in [4.78, 5) is 0. The van der Waals surface area contributed by atoms with Crippen LogP contribution in [0.1, 0.15) is 25.7 Å². The lowest BCUT2D eigenvalue weighted by Gasteiger charge is -2.30. The van der Waals surface area contributed by atoms with Crippen molar-refractivity contribution >= 4 is 0 Å². The fourth-order valence-electron chi connectivity index (χ4n) is 2.48. The van der Waals surface area contributed by atoms with Crippen molar-refractivity contribution in [2.75, 3.05) is 13.7 Å². The molecule has 0 aromatic rings. The van der Waals surface area contributed by atoms with E-state index in [9.17, 15) is 0 Å². The molecule has 1 heterocycles. The van der Waals surface area contributed by atoms with Crippen molar-refractivity contribution < 1.29 is 4.74 Å². The molecule has 0 amide bonds. The maximum absolute atomic E-state index is 5.37. The molecule has 0 spiro atoms. The molecule has 0 unspecified atom stereocenters. The molecule has 0 aromatic heterocycles. The fraction of sp³-hybridized carbons (Fsp3) is 1.00. The summed E-state index contributed by atoms with van der Waals surface area (Å²) < 4.78 is 5.37. The molecule has 1 N–H and O–H groups in total. The Hall–Kier alpha value is -0.0800. The SMILES string of the molecule is CO[C@@H]1CC[C@H]2NCC[C@@H]2C1. The zero-order valence-corrected chi connectivity index (χ0v) is 7.18. The topological polar surface area (TPSA) is 21.3 Å². The van der Waals surface area contributed by atoms with E-state index in [2.05, 4.69) is 5.32 Å². The molecule has 2 rings (SSSR count). The molecular formula is C9H17NO. The average molecular weight is 155 g/mol. The van der Waals surface area contributed by atoms with Crippen LogP contribution in [0, 0.1) is 5.92 Å². The molecule has 64 valence electrons. The molecular weight excluding hydrogens is 138 g/mol. The minimum absolute atomic E-state index is 0.552. The predicted octanol–water partition coefficient (Wildman–Crippen LogP) is 1.16. The Kier molecular flexibility index (Phi) is 2.14. The van der Waals surface area contributed by atoms with Gasteiger partial charge in [-0.25, -0.2) is 0 Å². The minimum Gasteiger partial charge on any atom is -0.381 e. The van der Waals surface area contributed by atoms with Crippen LogP contribution in [0.4, 0.5) is 0 Å². The molecule has 2 fully saturated rings. The summed E-state index contributed by atoms with van der Waals surface area (Å²) in [5.74, 6) is 0.911. The standard InChI is InChI=1S/C9H17NO/c1-11-8-2-3-9-7(6-8)4-5-10-9/h7-10H,2-6H2,1H3/t7-,8-,9-/m1/s1. The van der Waals surface area contributed by atoms with Crippen molar-refractivity contribution in [2.45, 2.75) is 37.8 Å². The lowest BCUT2D eigenvalue weighted by Crippen LogP contribution is -2.35. The van der Waals surface area contributed by atoms with Gasteiger partial charge in [0.25, 0.3) is 0 Å². The lowest BCUT2D eigenvalue weighted by atomic mass is 9.84. The Morgan fingerprint density at radius 3 is 3.00 bits per heavy atom. The number of nitrogens with one attached hydrogen (secondary N) is 1. The van der Waals surface area contributed by atoms with E-state index < -0.39 is 0 Å². The van der Waals surface area contributed by atoms with Crippen LogP contribution >= 0.6 is 0 Å². The van der Waals surface area contributed by atoms with Gasteiger partial charge in [0, 0.05) is 13.2 Å². The van der Waals surface area contributed by atoms with E-state index in [1.807, 2.05) is 7.11 Å². The first kappa shape index (κ1) is 7.56. The monoisotopic (exact) mass is 155 g/mol. The number of rotatable bonds is 1. The van der Waals surface area contributed by atoms with Gasteiger partial charge in [-0.1, -0.05) is 0 Å². The normalized spacial score (nSPS) is 43.9. The van der Waals surface area contributed by atoms with Crippen LogP contribution in [0.25, 0.3) is 0 Å². The third-order valence-corrected chi connectivity index (χ3v) is 3.19. The summed E-state index contributed by atoms with van der Waals surface area (Å²) in [5.41, 5.74) is 0. The zero-order chi connectivity index (χ0) is 7.68. The van der Waals surface area contributed by atoms with Crippen LogP contribution in [-0.4, -0.2) is 25.8 Å². The second-order valence-corrected chi connectivity index (χ2v) is 3.78. The maximum Gasteiger partial charge on any atom is 0.0575 e. The number of fused-ring (bicyclic) bond motifs is 1. The zero-order valence-electron chi connectivity index (χ0n) is 7.18. The summed E-state index contributed by atoms with van der Waals surface area (Å²) >= 11 is 0. The molecule has 2 heteroatoms. The van der Waals surface area contributed by atoms with Crippen LogP contribution in [0.2, 0.25) is 0 Å². The Balaban J connectivity index is 1.91. The Bertz CT molecular complexity index is 138. The predicted molar refractivity (Wildman–Crippen MR) is 44.5 cm³/mol. The second-order valence-electron chi connectivity index (χ2n) is 3.78. The van der Waals surface area contributed by atoms with Crippen molar-refractivity contribution in [3.63, 3.8) is 0 Å². The van der Waals surface area contributed by atoms with Crippen LogP contribution in [0.3, 0.4) is 0 Å². The van der Waals surface area contributed by atoms with E-state index in [4.69, 9.17) is 4.74 Å². The summed E-state index contributed by atoms with van der Waals surface area (Å²) in [6.07, 6.45) is 5.78. The van der Waals surface area contributed by atoms with Crippen molar-refractivity contribution in [3.05, 3.63) is 0 Å². The summed E-state index contributed by atoms with van der Waals surface area (Å²) in [7, 11) is 1.84. The molecule has 0 bridgehead atoms. The van der Waals surface area contributed by atoms with E-state index >= 15 is 0 Å². The van der Waals surface area contributed by atoms with Crippen molar-refractivity contribution in [3.8, 4) is 0 Å². The number of methoxy groups -OCH3 is 1. The van der Waals surface area contributed by atoms with Crippen LogP contribution in [-0.2, 0) is 4.74 Å². The van der Waals surface area contributed by atoms with Gasteiger partial charge >= 0.3 is 0 Å². The lowest BCUT2D eigenvalue weighted by molar-refractivity contribution is 0.0469. The molecule has 2 nitrogen and oxygen atoms in total. The molecule has 0 radical (unpaired) electrons. The van der Waals surface area contributed by atoms with Gasteiger partial charge in [-0.2, -0.15) is 0 Å². The van der Waals surface area contributed by atoms with Crippen molar-refractivity contribution in [1.29, 1.82) is 0 Å². The smallest absolute Gasteiger partial charge is 0.0575 e. The van der Waals surface area contributed by atoms with E-state index in [1.165, 1.54) is 32.2 Å². The van der Waals surface area contributed by atoms with E-state index in [0.717, 1.165) is 12.0 Å². The highest BCUT2D eigenvalue weighted by atomic mass is 16.5. The Labute approximate surface area is 68.3 Å². The van der Waals surface area contributed by atoms with Gasteiger partial charge in [0.2, 0.25) is 0 Å². The fourth-order valence-corrected chi connectivity index (χ4v) is 2.48. The van der Waals surface area contributed by atoms with Gasteiger partial charge < -0.3 is 10.1 Å². The van der Waals surface area contributed by atoms with E-state index in [-0.39, 0.29) is 0 Å². The highest BCUT2D eigenvalue weighted by Crippen LogP contribution is 2.31. The number of ether oxygens (including phenoxy) is 1. The Morgan fingerprint density at radius 1 is 1.27 bits per heavy atom.